The molecule has 0 aromatic heterocycles. The number of ether oxygens (including phenoxy) is 1. The fraction of sp³-hybridized carbons (Fsp3) is 0.744. The van der Waals surface area contributed by atoms with Crippen LogP contribution < -0.4 is 0 Å². The van der Waals surface area contributed by atoms with E-state index in [4.69, 9.17) is 4.74 Å². The molecule has 46 heavy (non-hydrogen) atoms. The van der Waals surface area contributed by atoms with Gasteiger partial charge in [-0.05, 0) is 123 Å². The van der Waals surface area contributed by atoms with Crippen molar-refractivity contribution in [2.75, 3.05) is 20.6 Å². The summed E-state index contributed by atoms with van der Waals surface area (Å²) < 4.78 is 5.98. The van der Waals surface area contributed by atoms with Crippen molar-refractivity contribution in [2.45, 2.75) is 187 Å². The predicted molar refractivity (Wildman–Crippen MR) is 206 cm³/mol. The van der Waals surface area contributed by atoms with Gasteiger partial charge >= 0.3 is 5.97 Å². The molecule has 0 bridgehead atoms. The zero-order valence-corrected chi connectivity index (χ0v) is 31.2. The van der Waals surface area contributed by atoms with Crippen molar-refractivity contribution in [2.24, 2.45) is 0 Å². The largest absolute Gasteiger partial charge is 0.462 e. The van der Waals surface area contributed by atoms with E-state index in [0.717, 1.165) is 57.9 Å². The molecular formula is C43H77NO2. The minimum absolute atomic E-state index is 0.00476. The lowest BCUT2D eigenvalue weighted by atomic mass is 10.0. The Morgan fingerprint density at radius 3 is 1.30 bits per heavy atom. The van der Waals surface area contributed by atoms with Crippen molar-refractivity contribution < 1.29 is 9.53 Å². The van der Waals surface area contributed by atoms with Crippen LogP contribution in [0.1, 0.15) is 181 Å². The smallest absolute Gasteiger partial charge is 0.306 e. The third-order valence-corrected chi connectivity index (χ3v) is 8.43. The summed E-state index contributed by atoms with van der Waals surface area (Å²) in [7, 11) is 4.11. The first-order valence-corrected chi connectivity index (χ1v) is 19.7. The molecule has 0 saturated carbocycles. The van der Waals surface area contributed by atoms with Crippen molar-refractivity contribution in [3.63, 3.8) is 0 Å². The third kappa shape index (κ3) is 36.6. The van der Waals surface area contributed by atoms with E-state index in [9.17, 15) is 4.79 Å². The zero-order valence-electron chi connectivity index (χ0n) is 31.2. The van der Waals surface area contributed by atoms with Gasteiger partial charge < -0.3 is 9.64 Å². The van der Waals surface area contributed by atoms with Crippen LogP contribution in [0.15, 0.2) is 60.8 Å². The lowest BCUT2D eigenvalue weighted by Gasteiger charge is -2.18. The van der Waals surface area contributed by atoms with Gasteiger partial charge in [-0.15, -0.1) is 0 Å². The summed E-state index contributed by atoms with van der Waals surface area (Å²) in [5, 5.41) is 0. The first-order chi connectivity index (χ1) is 22.6. The fourth-order valence-electron chi connectivity index (χ4n) is 5.51. The van der Waals surface area contributed by atoms with E-state index < -0.39 is 0 Å². The van der Waals surface area contributed by atoms with Gasteiger partial charge in [0.25, 0.3) is 0 Å². The van der Waals surface area contributed by atoms with Gasteiger partial charge in [-0.1, -0.05) is 132 Å². The summed E-state index contributed by atoms with van der Waals surface area (Å²) >= 11 is 0. The highest BCUT2D eigenvalue weighted by atomic mass is 16.5. The normalized spacial score (nSPS) is 13.2. The number of nitrogens with zero attached hydrogens (tertiary/aromatic N) is 1. The average Bonchev–Trinajstić information content (AvgIpc) is 3.04. The number of unbranched alkanes of at least 4 members (excludes halogenated alkanes) is 15. The standard InChI is InChI=1S/C43H77NO2/c1-5-7-9-11-13-15-17-19-21-23-25-27-29-31-33-35-38-42(46-43(45)40-37-41-44(3)4)39-36-34-32-30-28-26-24-22-20-18-16-14-12-10-8-6-2/h13-16,19-22,25,27,42H,5-12,17-18,23-24,26,28-41H2,1-4H3/b15-13-,16-14-,21-19-,22-20-,27-25-. The van der Waals surface area contributed by atoms with E-state index in [1.165, 1.54) is 109 Å². The third-order valence-electron chi connectivity index (χ3n) is 8.43. The number of rotatable bonds is 34. The van der Waals surface area contributed by atoms with Crippen LogP contribution in [-0.2, 0) is 9.53 Å². The Kier molecular flexibility index (Phi) is 36.1. The number of carbonyl (C=O) groups excluding carboxylic acids is 1. The van der Waals surface area contributed by atoms with Crippen LogP contribution in [-0.4, -0.2) is 37.6 Å². The van der Waals surface area contributed by atoms with Crippen LogP contribution >= 0.6 is 0 Å². The maximum Gasteiger partial charge on any atom is 0.306 e. The van der Waals surface area contributed by atoms with E-state index in [2.05, 4.69) is 93.6 Å². The summed E-state index contributed by atoms with van der Waals surface area (Å²) in [5.41, 5.74) is 0. The second kappa shape index (κ2) is 37.6. The van der Waals surface area contributed by atoms with E-state index in [1.807, 2.05) is 0 Å². The molecule has 0 spiro atoms. The van der Waals surface area contributed by atoms with Crippen molar-refractivity contribution >= 4 is 5.97 Å². The summed E-state index contributed by atoms with van der Waals surface area (Å²) in [4.78, 5) is 14.6. The van der Waals surface area contributed by atoms with Crippen LogP contribution in [0.4, 0.5) is 0 Å². The molecule has 0 heterocycles. The molecule has 0 radical (unpaired) electrons. The highest BCUT2D eigenvalue weighted by molar-refractivity contribution is 5.69. The second-order valence-electron chi connectivity index (χ2n) is 13.4. The summed E-state index contributed by atoms with van der Waals surface area (Å²) in [6.45, 7) is 5.45. The Hall–Kier alpha value is -1.87. The van der Waals surface area contributed by atoms with Gasteiger partial charge in [-0.2, -0.15) is 0 Å². The zero-order chi connectivity index (χ0) is 33.6. The lowest BCUT2D eigenvalue weighted by Crippen LogP contribution is -2.20. The molecule has 0 aliphatic rings. The van der Waals surface area contributed by atoms with E-state index in [0.29, 0.717) is 6.42 Å². The van der Waals surface area contributed by atoms with Crippen LogP contribution in [0.5, 0.6) is 0 Å². The Labute approximate surface area is 288 Å². The summed E-state index contributed by atoms with van der Waals surface area (Å²) in [5.74, 6) is -0.00476. The topological polar surface area (TPSA) is 29.5 Å². The molecule has 0 fully saturated rings. The molecule has 3 nitrogen and oxygen atoms in total. The number of hydrogen-bond donors (Lipinski definition) is 0. The minimum Gasteiger partial charge on any atom is -0.462 e. The van der Waals surface area contributed by atoms with E-state index in [-0.39, 0.29) is 12.1 Å². The van der Waals surface area contributed by atoms with Gasteiger partial charge in [0.15, 0.2) is 0 Å². The van der Waals surface area contributed by atoms with Crippen molar-refractivity contribution in [3.8, 4) is 0 Å². The van der Waals surface area contributed by atoms with Crippen LogP contribution in [0, 0.1) is 0 Å². The number of carbonyl (C=O) groups is 1. The van der Waals surface area contributed by atoms with Gasteiger partial charge in [0.1, 0.15) is 6.10 Å². The lowest BCUT2D eigenvalue weighted by molar-refractivity contribution is -0.150. The molecular weight excluding hydrogens is 562 g/mol. The fourth-order valence-corrected chi connectivity index (χ4v) is 5.51. The Bertz CT molecular complexity index is 776. The first-order valence-electron chi connectivity index (χ1n) is 19.7. The van der Waals surface area contributed by atoms with Gasteiger partial charge in [-0.25, -0.2) is 0 Å². The van der Waals surface area contributed by atoms with Crippen molar-refractivity contribution in [1.29, 1.82) is 0 Å². The highest BCUT2D eigenvalue weighted by Crippen LogP contribution is 2.18. The SMILES string of the molecule is CCCCC/C=C\C/C=C\C/C=C\CCCCCC(CCCCCCCC/C=C\C/C=C\CCCCC)OC(=O)CCCN(C)C. The Balaban J connectivity index is 4.08. The minimum atomic E-state index is -0.00476. The molecule has 0 saturated heterocycles. The molecule has 1 atom stereocenters. The molecule has 266 valence electrons. The maximum atomic E-state index is 12.5. The first kappa shape index (κ1) is 44.1. The number of esters is 1. The molecule has 0 rings (SSSR count). The van der Waals surface area contributed by atoms with E-state index in [1.54, 1.807) is 0 Å². The molecule has 1 unspecified atom stereocenters. The predicted octanol–water partition coefficient (Wildman–Crippen LogP) is 13.4. The summed E-state index contributed by atoms with van der Waals surface area (Å²) in [6.07, 6.45) is 53.8. The van der Waals surface area contributed by atoms with Crippen molar-refractivity contribution in [3.05, 3.63) is 60.8 Å². The summed E-state index contributed by atoms with van der Waals surface area (Å²) in [6, 6.07) is 0. The second-order valence-corrected chi connectivity index (χ2v) is 13.4. The maximum absolute atomic E-state index is 12.5. The highest BCUT2D eigenvalue weighted by Gasteiger charge is 2.14. The molecule has 0 aliphatic carbocycles. The van der Waals surface area contributed by atoms with Crippen LogP contribution in [0.3, 0.4) is 0 Å². The molecule has 0 amide bonds. The van der Waals surface area contributed by atoms with Gasteiger partial charge in [-0.3, -0.25) is 4.79 Å². The molecule has 0 N–H and O–H groups in total. The molecule has 0 aromatic rings. The average molecular weight is 640 g/mol. The number of allylic oxidation sites excluding steroid dienone is 10. The molecule has 0 aliphatic heterocycles. The van der Waals surface area contributed by atoms with Crippen LogP contribution in [0.25, 0.3) is 0 Å². The quantitative estimate of drug-likeness (QED) is 0.0398. The van der Waals surface area contributed by atoms with Crippen LogP contribution in [0.2, 0.25) is 0 Å². The van der Waals surface area contributed by atoms with Gasteiger partial charge in [0, 0.05) is 6.42 Å². The molecule has 0 aromatic carbocycles. The number of hydrogen-bond acceptors (Lipinski definition) is 3. The van der Waals surface area contributed by atoms with Crippen molar-refractivity contribution in [1.82, 2.24) is 4.90 Å². The molecule has 3 heteroatoms. The van der Waals surface area contributed by atoms with Gasteiger partial charge in [0.05, 0.1) is 0 Å². The van der Waals surface area contributed by atoms with Gasteiger partial charge in [0.2, 0.25) is 0 Å². The Morgan fingerprint density at radius 2 is 0.870 bits per heavy atom. The van der Waals surface area contributed by atoms with E-state index >= 15 is 0 Å². The monoisotopic (exact) mass is 640 g/mol. The Morgan fingerprint density at radius 1 is 0.500 bits per heavy atom.